The van der Waals surface area contributed by atoms with Gasteiger partial charge in [0.25, 0.3) is 5.91 Å². The molecule has 1 unspecified atom stereocenters. The fourth-order valence-electron chi connectivity index (χ4n) is 1.38. The second-order valence-electron chi connectivity index (χ2n) is 4.13. The summed E-state index contributed by atoms with van der Waals surface area (Å²) in [6.45, 7) is 1.37. The number of amides is 1. The maximum Gasteiger partial charge on any atom is 0.341 e. The SMILES string of the molecule is CC(OC(=O)c1cc(F)c(F)cc1N)C(=O)N(C)C. The number of likely N-dealkylation sites (N-methyl/N-ethyl adjacent to an activating group) is 1. The molecule has 2 N–H and O–H groups in total. The lowest BCUT2D eigenvalue weighted by molar-refractivity contribution is -0.137. The molecule has 0 aliphatic heterocycles. The van der Waals surface area contributed by atoms with Crippen LogP contribution in [-0.2, 0) is 9.53 Å². The summed E-state index contributed by atoms with van der Waals surface area (Å²) < 4.78 is 30.7. The second kappa shape index (κ2) is 5.64. The molecule has 0 aliphatic rings. The molecule has 1 aromatic rings. The number of esters is 1. The van der Waals surface area contributed by atoms with Gasteiger partial charge in [-0.1, -0.05) is 0 Å². The summed E-state index contributed by atoms with van der Waals surface area (Å²) in [6.07, 6.45) is -1.05. The highest BCUT2D eigenvalue weighted by molar-refractivity contribution is 5.96. The third-order valence-electron chi connectivity index (χ3n) is 2.38. The summed E-state index contributed by atoms with van der Waals surface area (Å²) in [4.78, 5) is 24.4. The summed E-state index contributed by atoms with van der Waals surface area (Å²) in [7, 11) is 3.00. The van der Waals surface area contributed by atoms with Crippen LogP contribution in [0.2, 0.25) is 0 Å². The molecule has 1 atom stereocenters. The smallest absolute Gasteiger partial charge is 0.341 e. The van der Waals surface area contributed by atoms with E-state index in [2.05, 4.69) is 0 Å². The predicted molar refractivity (Wildman–Crippen MR) is 64.3 cm³/mol. The van der Waals surface area contributed by atoms with E-state index in [1.54, 1.807) is 0 Å². The highest BCUT2D eigenvalue weighted by atomic mass is 19.2. The van der Waals surface area contributed by atoms with Gasteiger partial charge < -0.3 is 15.4 Å². The molecule has 0 fully saturated rings. The van der Waals surface area contributed by atoms with Crippen LogP contribution in [0.15, 0.2) is 12.1 Å². The Labute approximate surface area is 108 Å². The minimum Gasteiger partial charge on any atom is -0.449 e. The number of benzene rings is 1. The third-order valence-corrected chi connectivity index (χ3v) is 2.38. The molecule has 0 saturated heterocycles. The quantitative estimate of drug-likeness (QED) is 0.662. The van der Waals surface area contributed by atoms with Crippen LogP contribution in [0.4, 0.5) is 14.5 Å². The van der Waals surface area contributed by atoms with Crippen molar-refractivity contribution in [2.24, 2.45) is 0 Å². The van der Waals surface area contributed by atoms with E-state index in [-0.39, 0.29) is 11.3 Å². The Bertz CT molecular complexity index is 518. The van der Waals surface area contributed by atoms with Crippen LogP contribution < -0.4 is 5.73 Å². The minimum atomic E-state index is -1.22. The molecule has 0 bridgehead atoms. The van der Waals surface area contributed by atoms with Crippen molar-refractivity contribution >= 4 is 17.6 Å². The van der Waals surface area contributed by atoms with E-state index < -0.39 is 29.6 Å². The number of ether oxygens (including phenoxy) is 1. The Hall–Kier alpha value is -2.18. The Morgan fingerprint density at radius 2 is 1.79 bits per heavy atom. The van der Waals surface area contributed by atoms with Gasteiger partial charge in [-0.05, 0) is 13.0 Å². The highest BCUT2D eigenvalue weighted by Crippen LogP contribution is 2.18. The minimum absolute atomic E-state index is 0.256. The summed E-state index contributed by atoms with van der Waals surface area (Å²) in [5.41, 5.74) is 4.82. The molecule has 19 heavy (non-hydrogen) atoms. The van der Waals surface area contributed by atoms with Crippen molar-refractivity contribution in [3.8, 4) is 0 Å². The van der Waals surface area contributed by atoms with Crippen LogP contribution in [0.5, 0.6) is 0 Å². The largest absolute Gasteiger partial charge is 0.449 e. The van der Waals surface area contributed by atoms with E-state index in [1.165, 1.54) is 25.9 Å². The lowest BCUT2D eigenvalue weighted by Crippen LogP contribution is -2.35. The first-order valence-corrected chi connectivity index (χ1v) is 5.40. The van der Waals surface area contributed by atoms with Gasteiger partial charge in [-0.3, -0.25) is 4.79 Å². The molecule has 7 heteroatoms. The number of carbonyl (C=O) groups is 2. The van der Waals surface area contributed by atoms with Gasteiger partial charge in [0.1, 0.15) is 0 Å². The topological polar surface area (TPSA) is 72.6 Å². The zero-order valence-corrected chi connectivity index (χ0v) is 10.7. The molecular formula is C12H14F2N2O3. The number of hydrogen-bond donors (Lipinski definition) is 1. The Morgan fingerprint density at radius 1 is 1.26 bits per heavy atom. The third kappa shape index (κ3) is 3.40. The van der Waals surface area contributed by atoms with Crippen molar-refractivity contribution < 1.29 is 23.1 Å². The molecule has 1 amide bonds. The predicted octanol–water partition coefficient (Wildman–Crippen LogP) is 1.18. The zero-order valence-electron chi connectivity index (χ0n) is 10.7. The van der Waals surface area contributed by atoms with E-state index in [1.807, 2.05) is 0 Å². The molecule has 1 aromatic carbocycles. The molecule has 104 valence electrons. The summed E-state index contributed by atoms with van der Waals surface area (Å²) in [6, 6.07) is 1.32. The first-order chi connectivity index (χ1) is 8.73. The Kier molecular flexibility index (Phi) is 4.42. The molecule has 0 heterocycles. The van der Waals surface area contributed by atoms with E-state index in [4.69, 9.17) is 10.5 Å². The zero-order chi connectivity index (χ0) is 14.7. The molecule has 0 spiro atoms. The van der Waals surface area contributed by atoms with Gasteiger partial charge >= 0.3 is 5.97 Å². The Balaban J connectivity index is 2.90. The van der Waals surface area contributed by atoms with Gasteiger partial charge in [0, 0.05) is 25.8 Å². The van der Waals surface area contributed by atoms with Crippen molar-refractivity contribution in [1.29, 1.82) is 0 Å². The number of nitrogens with two attached hydrogens (primary N) is 1. The number of carbonyl (C=O) groups excluding carboxylic acids is 2. The number of anilines is 1. The maximum absolute atomic E-state index is 13.0. The van der Waals surface area contributed by atoms with Crippen molar-refractivity contribution in [3.63, 3.8) is 0 Å². The first-order valence-electron chi connectivity index (χ1n) is 5.40. The van der Waals surface area contributed by atoms with Crippen molar-refractivity contribution in [1.82, 2.24) is 4.90 Å². The van der Waals surface area contributed by atoms with Gasteiger partial charge in [0.05, 0.1) is 5.56 Å². The van der Waals surface area contributed by atoms with Crippen molar-refractivity contribution in [2.45, 2.75) is 13.0 Å². The van der Waals surface area contributed by atoms with E-state index >= 15 is 0 Å². The molecule has 0 aromatic heterocycles. The van der Waals surface area contributed by atoms with Crippen LogP contribution >= 0.6 is 0 Å². The molecule has 1 rings (SSSR count). The van der Waals surface area contributed by atoms with E-state index in [0.717, 1.165) is 0 Å². The highest BCUT2D eigenvalue weighted by Gasteiger charge is 2.22. The number of halogens is 2. The van der Waals surface area contributed by atoms with Gasteiger partial charge in [0.2, 0.25) is 0 Å². The number of nitrogen functional groups attached to an aromatic ring is 1. The number of hydrogen-bond acceptors (Lipinski definition) is 4. The standard InChI is InChI=1S/C12H14F2N2O3/c1-6(11(17)16(2)3)19-12(18)7-4-8(13)9(14)5-10(7)15/h4-6H,15H2,1-3H3. The van der Waals surface area contributed by atoms with Gasteiger partial charge in [-0.25, -0.2) is 13.6 Å². The van der Waals surface area contributed by atoms with Gasteiger partial charge in [0.15, 0.2) is 17.7 Å². The average molecular weight is 272 g/mol. The monoisotopic (exact) mass is 272 g/mol. The number of nitrogens with zero attached hydrogens (tertiary/aromatic N) is 1. The van der Waals surface area contributed by atoms with Crippen LogP contribution in [0.3, 0.4) is 0 Å². The summed E-state index contributed by atoms with van der Waals surface area (Å²) in [5, 5.41) is 0. The normalized spacial score (nSPS) is 11.8. The van der Waals surface area contributed by atoms with Crippen LogP contribution in [0.1, 0.15) is 17.3 Å². The van der Waals surface area contributed by atoms with Gasteiger partial charge in [-0.2, -0.15) is 0 Å². The second-order valence-corrected chi connectivity index (χ2v) is 4.13. The first kappa shape index (κ1) is 14.9. The molecule has 0 aliphatic carbocycles. The summed E-state index contributed by atoms with van der Waals surface area (Å²) in [5.74, 6) is -3.80. The van der Waals surface area contributed by atoms with Gasteiger partial charge in [-0.15, -0.1) is 0 Å². The van der Waals surface area contributed by atoms with Crippen LogP contribution in [0, 0.1) is 11.6 Å². The van der Waals surface area contributed by atoms with E-state index in [0.29, 0.717) is 12.1 Å². The fraction of sp³-hybridized carbons (Fsp3) is 0.333. The number of rotatable bonds is 3. The molecule has 5 nitrogen and oxygen atoms in total. The molecule has 0 radical (unpaired) electrons. The molecule has 0 saturated carbocycles. The van der Waals surface area contributed by atoms with Crippen LogP contribution in [0.25, 0.3) is 0 Å². The Morgan fingerprint density at radius 3 is 2.32 bits per heavy atom. The maximum atomic E-state index is 13.0. The lowest BCUT2D eigenvalue weighted by Gasteiger charge is -2.17. The average Bonchev–Trinajstić information content (AvgIpc) is 2.32. The fourth-order valence-corrected chi connectivity index (χ4v) is 1.38. The van der Waals surface area contributed by atoms with Crippen molar-refractivity contribution in [2.75, 3.05) is 19.8 Å². The lowest BCUT2D eigenvalue weighted by atomic mass is 10.1. The summed E-state index contributed by atoms with van der Waals surface area (Å²) >= 11 is 0. The van der Waals surface area contributed by atoms with Crippen molar-refractivity contribution in [3.05, 3.63) is 29.3 Å². The molecular weight excluding hydrogens is 258 g/mol. The van der Waals surface area contributed by atoms with E-state index in [9.17, 15) is 18.4 Å². The van der Waals surface area contributed by atoms with Crippen LogP contribution in [-0.4, -0.2) is 37.0 Å².